The largest absolute Gasteiger partial charge is 0.489 e. The molecule has 0 spiro atoms. The molecule has 0 saturated carbocycles. The minimum absolute atomic E-state index is 0.231. The molecule has 0 heterocycles. The van der Waals surface area contributed by atoms with Crippen molar-refractivity contribution in [2.45, 2.75) is 104 Å². The van der Waals surface area contributed by atoms with Crippen LogP contribution in [-0.2, 0) is 0 Å². The van der Waals surface area contributed by atoms with Gasteiger partial charge in [0, 0.05) is 0 Å². The molecule has 1 rings (SSSR count). The molecule has 0 unspecified atom stereocenters. The first kappa shape index (κ1) is 22.3. The Morgan fingerprint density at radius 3 is 1.60 bits per heavy atom. The summed E-state index contributed by atoms with van der Waals surface area (Å²) < 4.78 is 13.2. The van der Waals surface area contributed by atoms with Gasteiger partial charge in [0.15, 0.2) is 0 Å². The van der Waals surface area contributed by atoms with Crippen LogP contribution in [0.25, 0.3) is 0 Å². The first-order valence-corrected chi connectivity index (χ1v) is 11.0. The van der Waals surface area contributed by atoms with Gasteiger partial charge in [0.2, 0.25) is 0 Å². The SMILES string of the molecule is CCCCCC[C@@H](C)Oc1cccc(O[C@H](C)CCCCCC)c1Br. The lowest BCUT2D eigenvalue weighted by molar-refractivity contribution is 0.192. The standard InChI is InChI=1S/C22H37BrO2/c1-5-7-9-11-14-18(3)24-20-16-13-17-21(22(20)23)25-19(4)15-12-10-8-6-2/h13,16-19H,5-12,14-15H2,1-4H3/t18-,19-/m1/s1. The Kier molecular flexibility index (Phi) is 12.1. The van der Waals surface area contributed by atoms with Crippen LogP contribution >= 0.6 is 15.9 Å². The fourth-order valence-corrected chi connectivity index (χ4v) is 3.39. The predicted molar refractivity (Wildman–Crippen MR) is 112 cm³/mol. The second kappa shape index (κ2) is 13.5. The van der Waals surface area contributed by atoms with E-state index < -0.39 is 0 Å². The van der Waals surface area contributed by atoms with E-state index in [1.54, 1.807) is 0 Å². The summed E-state index contributed by atoms with van der Waals surface area (Å²) in [6, 6.07) is 6.06. The zero-order chi connectivity index (χ0) is 18.5. The molecule has 0 aliphatic carbocycles. The highest BCUT2D eigenvalue weighted by Crippen LogP contribution is 2.36. The average Bonchev–Trinajstić information content (AvgIpc) is 2.59. The molecule has 3 heteroatoms. The molecular weight excluding hydrogens is 376 g/mol. The molecule has 0 aromatic heterocycles. The van der Waals surface area contributed by atoms with Gasteiger partial charge in [-0.2, -0.15) is 0 Å². The minimum atomic E-state index is 0.231. The maximum absolute atomic E-state index is 6.13. The van der Waals surface area contributed by atoms with E-state index >= 15 is 0 Å². The Hall–Kier alpha value is -0.700. The molecule has 144 valence electrons. The maximum atomic E-state index is 6.13. The number of hydrogen-bond acceptors (Lipinski definition) is 2. The van der Waals surface area contributed by atoms with Gasteiger partial charge < -0.3 is 9.47 Å². The first-order chi connectivity index (χ1) is 12.1. The van der Waals surface area contributed by atoms with E-state index in [1.807, 2.05) is 18.2 Å². The van der Waals surface area contributed by atoms with E-state index in [4.69, 9.17) is 9.47 Å². The average molecular weight is 413 g/mol. The monoisotopic (exact) mass is 412 g/mol. The highest BCUT2D eigenvalue weighted by Gasteiger charge is 2.13. The summed E-state index contributed by atoms with van der Waals surface area (Å²) in [4.78, 5) is 0. The Morgan fingerprint density at radius 2 is 1.20 bits per heavy atom. The molecule has 0 saturated heterocycles. The predicted octanol–water partition coefficient (Wildman–Crippen LogP) is 7.92. The van der Waals surface area contributed by atoms with E-state index in [0.29, 0.717) is 0 Å². The maximum Gasteiger partial charge on any atom is 0.137 e. The van der Waals surface area contributed by atoms with Crippen molar-refractivity contribution >= 4 is 15.9 Å². The number of rotatable bonds is 14. The molecule has 0 bridgehead atoms. The van der Waals surface area contributed by atoms with E-state index in [2.05, 4.69) is 43.6 Å². The fourth-order valence-electron chi connectivity index (χ4n) is 2.94. The zero-order valence-electron chi connectivity index (χ0n) is 16.7. The summed E-state index contributed by atoms with van der Waals surface area (Å²) >= 11 is 3.67. The minimum Gasteiger partial charge on any atom is -0.489 e. The van der Waals surface area contributed by atoms with Crippen molar-refractivity contribution in [3.63, 3.8) is 0 Å². The quantitative estimate of drug-likeness (QED) is 0.288. The lowest BCUT2D eigenvalue weighted by Crippen LogP contribution is -2.14. The molecule has 2 atom stereocenters. The van der Waals surface area contributed by atoms with Crippen molar-refractivity contribution in [1.29, 1.82) is 0 Å². The van der Waals surface area contributed by atoms with Crippen molar-refractivity contribution in [1.82, 2.24) is 0 Å². The van der Waals surface area contributed by atoms with Crippen LogP contribution in [0.15, 0.2) is 22.7 Å². The van der Waals surface area contributed by atoms with Crippen LogP contribution < -0.4 is 9.47 Å². The molecule has 0 N–H and O–H groups in total. The molecule has 1 aromatic rings. The number of hydrogen-bond donors (Lipinski definition) is 0. The molecule has 25 heavy (non-hydrogen) atoms. The third-order valence-corrected chi connectivity index (χ3v) is 5.29. The van der Waals surface area contributed by atoms with Crippen molar-refractivity contribution in [2.24, 2.45) is 0 Å². The fraction of sp³-hybridized carbons (Fsp3) is 0.727. The van der Waals surface area contributed by atoms with Gasteiger partial charge in [-0.1, -0.05) is 58.4 Å². The van der Waals surface area contributed by atoms with Crippen LogP contribution in [0.3, 0.4) is 0 Å². The van der Waals surface area contributed by atoms with Gasteiger partial charge in [-0.05, 0) is 67.6 Å². The normalized spacial score (nSPS) is 13.5. The van der Waals surface area contributed by atoms with E-state index in [9.17, 15) is 0 Å². The Labute approximate surface area is 163 Å². The smallest absolute Gasteiger partial charge is 0.137 e. The summed E-state index contributed by atoms with van der Waals surface area (Å²) in [5, 5.41) is 0. The molecule has 0 fully saturated rings. The topological polar surface area (TPSA) is 18.5 Å². The van der Waals surface area contributed by atoms with Crippen molar-refractivity contribution < 1.29 is 9.47 Å². The third kappa shape index (κ3) is 9.53. The van der Waals surface area contributed by atoms with Gasteiger partial charge in [0.05, 0.1) is 12.2 Å². The van der Waals surface area contributed by atoms with Gasteiger partial charge in [0.1, 0.15) is 16.0 Å². The van der Waals surface area contributed by atoms with Crippen molar-refractivity contribution in [2.75, 3.05) is 0 Å². The third-order valence-electron chi connectivity index (χ3n) is 4.51. The molecule has 1 aromatic carbocycles. The summed E-state index contributed by atoms with van der Waals surface area (Å²) in [6.45, 7) is 8.80. The van der Waals surface area contributed by atoms with Crippen LogP contribution in [0, 0.1) is 0 Å². The molecule has 0 radical (unpaired) electrons. The van der Waals surface area contributed by atoms with Crippen molar-refractivity contribution in [3.05, 3.63) is 22.7 Å². The molecule has 0 aliphatic heterocycles. The van der Waals surface area contributed by atoms with Gasteiger partial charge in [-0.3, -0.25) is 0 Å². The summed E-state index contributed by atoms with van der Waals surface area (Å²) in [5.74, 6) is 1.78. The molecule has 2 nitrogen and oxygen atoms in total. The number of benzene rings is 1. The Morgan fingerprint density at radius 1 is 0.760 bits per heavy atom. The number of ether oxygens (including phenoxy) is 2. The number of halogens is 1. The second-order valence-corrected chi connectivity index (χ2v) is 7.92. The summed E-state index contributed by atoms with van der Waals surface area (Å²) in [5.41, 5.74) is 0. The number of unbranched alkanes of at least 4 members (excludes halogenated alkanes) is 6. The van der Waals surface area contributed by atoms with E-state index in [1.165, 1.54) is 51.4 Å². The zero-order valence-corrected chi connectivity index (χ0v) is 18.2. The van der Waals surface area contributed by atoms with Crippen LogP contribution in [0.5, 0.6) is 11.5 Å². The lowest BCUT2D eigenvalue weighted by Gasteiger charge is -2.19. The summed E-state index contributed by atoms with van der Waals surface area (Å²) in [7, 11) is 0. The van der Waals surface area contributed by atoms with E-state index in [0.717, 1.165) is 28.8 Å². The first-order valence-electron chi connectivity index (χ1n) is 10.2. The van der Waals surface area contributed by atoms with Crippen LogP contribution in [0.4, 0.5) is 0 Å². The Balaban J connectivity index is 2.48. The second-order valence-electron chi connectivity index (χ2n) is 7.12. The Bertz CT molecular complexity index is 423. The van der Waals surface area contributed by atoms with Crippen LogP contribution in [0.1, 0.15) is 91.9 Å². The van der Waals surface area contributed by atoms with Crippen molar-refractivity contribution in [3.8, 4) is 11.5 Å². The highest BCUT2D eigenvalue weighted by atomic mass is 79.9. The molecular formula is C22H37BrO2. The summed E-state index contributed by atoms with van der Waals surface area (Å²) in [6.07, 6.45) is 12.9. The van der Waals surface area contributed by atoms with Gasteiger partial charge in [-0.15, -0.1) is 0 Å². The molecule has 0 amide bonds. The lowest BCUT2D eigenvalue weighted by atomic mass is 10.1. The van der Waals surface area contributed by atoms with Gasteiger partial charge in [-0.25, -0.2) is 0 Å². The van der Waals surface area contributed by atoms with Gasteiger partial charge in [0.25, 0.3) is 0 Å². The van der Waals surface area contributed by atoms with E-state index in [-0.39, 0.29) is 12.2 Å². The highest BCUT2D eigenvalue weighted by molar-refractivity contribution is 9.10. The van der Waals surface area contributed by atoms with Gasteiger partial charge >= 0.3 is 0 Å². The van der Waals surface area contributed by atoms with Crippen LogP contribution in [-0.4, -0.2) is 12.2 Å². The molecule has 0 aliphatic rings. The van der Waals surface area contributed by atoms with Crippen LogP contribution in [0.2, 0.25) is 0 Å².